The fourth-order valence-corrected chi connectivity index (χ4v) is 5.30. The Bertz CT molecular complexity index is 1710. The van der Waals surface area contributed by atoms with Gasteiger partial charge in [-0.2, -0.15) is 27.1 Å². The van der Waals surface area contributed by atoms with E-state index in [2.05, 4.69) is 36.3 Å². The van der Waals surface area contributed by atoms with Crippen LogP contribution >= 0.6 is 23.2 Å². The van der Waals surface area contributed by atoms with Gasteiger partial charge in [0.25, 0.3) is 11.8 Å². The summed E-state index contributed by atoms with van der Waals surface area (Å²) in [5, 5.41) is 19.3. The molecule has 1 aliphatic heterocycles. The first-order valence-electron chi connectivity index (χ1n) is 13.6. The molecule has 2 aromatic heterocycles. The van der Waals surface area contributed by atoms with E-state index in [1.54, 1.807) is 26.0 Å². The number of nitrogens with zero attached hydrogens (tertiary/aromatic N) is 7. The van der Waals surface area contributed by atoms with Gasteiger partial charge in [0, 0.05) is 17.3 Å². The van der Waals surface area contributed by atoms with Crippen LogP contribution in [0.4, 0.5) is 27.6 Å². The molecule has 18 heteroatoms. The van der Waals surface area contributed by atoms with Crippen molar-refractivity contribution >= 4 is 46.5 Å². The van der Waals surface area contributed by atoms with E-state index in [9.17, 15) is 31.5 Å². The van der Waals surface area contributed by atoms with E-state index in [1.165, 1.54) is 12.3 Å². The van der Waals surface area contributed by atoms with Crippen LogP contribution in [0.1, 0.15) is 71.0 Å². The average molecular weight is 674 g/mol. The number of anilines is 1. The van der Waals surface area contributed by atoms with Crippen LogP contribution in [0.2, 0.25) is 5.02 Å². The third-order valence-corrected chi connectivity index (χ3v) is 7.96. The highest BCUT2D eigenvalue weighted by Crippen LogP contribution is 2.42. The lowest BCUT2D eigenvalue weighted by molar-refractivity contribution is -0.293. The molecule has 1 saturated carbocycles. The van der Waals surface area contributed by atoms with E-state index in [-0.39, 0.29) is 50.6 Å². The number of allylic oxidation sites excluding steroid dienone is 1. The van der Waals surface area contributed by atoms with E-state index >= 15 is 0 Å². The maximum atomic E-state index is 14.1. The van der Waals surface area contributed by atoms with E-state index in [4.69, 9.17) is 23.2 Å². The largest absolute Gasteiger partial charge is 0.461 e. The summed E-state index contributed by atoms with van der Waals surface area (Å²) < 4.78 is 68.8. The van der Waals surface area contributed by atoms with E-state index < -0.39 is 41.2 Å². The molecule has 1 fully saturated rings. The van der Waals surface area contributed by atoms with Crippen molar-refractivity contribution in [1.29, 1.82) is 0 Å². The van der Waals surface area contributed by atoms with Crippen LogP contribution in [-0.4, -0.2) is 64.7 Å². The number of carbonyl (C=O) groups excluding carboxylic acids is 2. The first-order valence-corrected chi connectivity index (χ1v) is 14.4. The number of halogens is 7. The Hall–Kier alpha value is -3.92. The first kappa shape index (κ1) is 32.5. The van der Waals surface area contributed by atoms with Gasteiger partial charge in [-0.25, -0.2) is 14.4 Å². The summed E-state index contributed by atoms with van der Waals surface area (Å²) in [6.45, 7) is 4.36. The van der Waals surface area contributed by atoms with Crippen molar-refractivity contribution in [2.24, 2.45) is 10.9 Å². The Morgan fingerprint density at radius 3 is 2.51 bits per heavy atom. The van der Waals surface area contributed by atoms with Gasteiger partial charge in [0.1, 0.15) is 10.6 Å². The Morgan fingerprint density at radius 2 is 1.87 bits per heavy atom. The highest BCUT2D eigenvalue weighted by molar-refractivity contribution is 6.36. The summed E-state index contributed by atoms with van der Waals surface area (Å²) in [5.41, 5.74) is 0.320. The summed E-state index contributed by atoms with van der Waals surface area (Å²) >= 11 is 12.9. The number of hydrogen-bond donors (Lipinski definition) is 2. The average Bonchev–Trinajstić information content (AvgIpc) is 3.55. The van der Waals surface area contributed by atoms with Gasteiger partial charge in [0.2, 0.25) is 5.82 Å². The predicted molar refractivity (Wildman–Crippen MR) is 154 cm³/mol. The van der Waals surface area contributed by atoms with Gasteiger partial charge in [-0.1, -0.05) is 17.7 Å². The zero-order chi connectivity index (χ0) is 32.9. The maximum Gasteiger partial charge on any atom is 0.461 e. The number of benzene rings is 1. The summed E-state index contributed by atoms with van der Waals surface area (Å²) in [6.07, 6.45) is -0.603. The lowest BCUT2D eigenvalue weighted by Crippen LogP contribution is -2.38. The van der Waals surface area contributed by atoms with Crippen molar-refractivity contribution in [3.8, 4) is 0 Å². The van der Waals surface area contributed by atoms with Crippen molar-refractivity contribution in [1.82, 2.24) is 35.3 Å². The van der Waals surface area contributed by atoms with Crippen LogP contribution < -0.4 is 10.6 Å². The number of alkyl halides is 6. The van der Waals surface area contributed by atoms with Gasteiger partial charge in [-0.05, 0) is 80.1 Å². The number of carbonyl (C=O) groups is 2. The lowest BCUT2D eigenvalue weighted by Gasteiger charge is -2.25. The zero-order valence-corrected chi connectivity index (χ0v) is 25.5. The van der Waals surface area contributed by atoms with Gasteiger partial charge in [0.15, 0.2) is 5.84 Å². The normalized spacial score (nSPS) is 19.3. The summed E-state index contributed by atoms with van der Waals surface area (Å²) in [5.74, 6) is -7.98. The van der Waals surface area contributed by atoms with Crippen LogP contribution in [-0.2, 0) is 12.5 Å². The second-order valence-corrected chi connectivity index (χ2v) is 12.4. The van der Waals surface area contributed by atoms with Crippen molar-refractivity contribution in [3.05, 3.63) is 63.8 Å². The molecule has 3 aromatic rings. The SMILES string of the molecule is Cc1cc(Cl)cc(C(=O)NC(C)C2CC2)c1NC(=O)c1cc(Cn2nnnc2C(F)(F)C(F)(F)F)nn1C1=NC=CCC1(C)Cl. The minimum absolute atomic E-state index is 0.0738. The molecule has 0 spiro atoms. The van der Waals surface area contributed by atoms with Crippen LogP contribution in [0.5, 0.6) is 0 Å². The van der Waals surface area contributed by atoms with E-state index in [1.807, 2.05) is 6.92 Å². The molecule has 11 nitrogen and oxygen atoms in total. The second-order valence-electron chi connectivity index (χ2n) is 11.1. The van der Waals surface area contributed by atoms with E-state index in [0.717, 1.165) is 23.6 Å². The number of aromatic nitrogens is 6. The van der Waals surface area contributed by atoms with Crippen molar-refractivity contribution < 1.29 is 31.5 Å². The van der Waals surface area contributed by atoms with Gasteiger partial charge < -0.3 is 10.6 Å². The smallest absolute Gasteiger partial charge is 0.349 e. The van der Waals surface area contributed by atoms with Crippen LogP contribution in [0.25, 0.3) is 0 Å². The summed E-state index contributed by atoms with van der Waals surface area (Å²) in [4.78, 5) is 30.2. The fraction of sp³-hybridized carbons (Fsp3) is 0.444. The molecule has 45 heavy (non-hydrogen) atoms. The van der Waals surface area contributed by atoms with Crippen molar-refractivity contribution in [2.75, 3.05) is 5.32 Å². The maximum absolute atomic E-state index is 14.1. The molecule has 0 radical (unpaired) electrons. The number of aryl methyl sites for hydroxylation is 1. The number of rotatable bonds is 8. The molecule has 2 aliphatic rings. The minimum Gasteiger partial charge on any atom is -0.349 e. The van der Waals surface area contributed by atoms with Gasteiger partial charge in [0.05, 0.1) is 23.5 Å². The number of aliphatic imine (C=N–C) groups is 1. The van der Waals surface area contributed by atoms with Crippen molar-refractivity contribution in [2.45, 2.75) is 69.6 Å². The quantitative estimate of drug-likeness (QED) is 0.241. The predicted octanol–water partition coefficient (Wildman–Crippen LogP) is 5.48. The van der Waals surface area contributed by atoms with Crippen LogP contribution in [0.15, 0.2) is 35.5 Å². The monoisotopic (exact) mass is 673 g/mol. The fourth-order valence-electron chi connectivity index (χ4n) is 4.81. The first-order chi connectivity index (χ1) is 21.0. The van der Waals surface area contributed by atoms with Gasteiger partial charge in [-0.3, -0.25) is 9.59 Å². The van der Waals surface area contributed by atoms with Crippen LogP contribution in [0, 0.1) is 12.8 Å². The third-order valence-electron chi connectivity index (χ3n) is 7.41. The molecular weight excluding hydrogens is 648 g/mol. The zero-order valence-electron chi connectivity index (χ0n) is 24.0. The molecule has 2 atom stereocenters. The van der Waals surface area contributed by atoms with Gasteiger partial charge >= 0.3 is 12.1 Å². The molecule has 0 saturated heterocycles. The third kappa shape index (κ3) is 6.57. The molecule has 5 rings (SSSR count). The lowest BCUT2D eigenvalue weighted by atomic mass is 10.0. The molecule has 1 aliphatic carbocycles. The number of hydrogen-bond acceptors (Lipinski definition) is 7. The highest BCUT2D eigenvalue weighted by Gasteiger charge is 2.62. The Labute approximate surface area is 262 Å². The molecule has 2 unspecified atom stereocenters. The Balaban J connectivity index is 1.53. The molecule has 1 aromatic carbocycles. The molecular formula is C27H26Cl2F5N9O2. The summed E-state index contributed by atoms with van der Waals surface area (Å²) in [7, 11) is 0. The highest BCUT2D eigenvalue weighted by atomic mass is 35.5. The van der Waals surface area contributed by atoms with E-state index in [0.29, 0.717) is 11.5 Å². The topological polar surface area (TPSA) is 132 Å². The molecule has 0 bridgehead atoms. The molecule has 2 amide bonds. The Kier molecular flexibility index (Phi) is 8.50. The number of tetrazole rings is 1. The standard InChI is InChI=1S/C27H26Cl2F5N9O2/c1-13-9-16(28)10-18(21(44)36-14(2)15-5-6-15)20(13)37-22(45)19-11-17(39-43(19)23-25(3,29)7-4-8-35-23)12-42-24(38-40-41-42)26(30,31)27(32,33)34/h4,8-11,14-15H,5-7,12H2,1-3H3,(H,36,44)(H,37,45). The number of nitrogens with one attached hydrogen (secondary N) is 2. The summed E-state index contributed by atoms with van der Waals surface area (Å²) in [6, 6.07) is 4.00. The number of amides is 2. The van der Waals surface area contributed by atoms with Gasteiger partial charge in [-0.15, -0.1) is 16.7 Å². The Morgan fingerprint density at radius 1 is 1.16 bits per heavy atom. The molecule has 3 heterocycles. The minimum atomic E-state index is -5.97. The van der Waals surface area contributed by atoms with Crippen LogP contribution in [0.3, 0.4) is 0 Å². The molecule has 240 valence electrons. The second kappa shape index (κ2) is 11.8. The van der Waals surface area contributed by atoms with Crippen molar-refractivity contribution in [3.63, 3.8) is 0 Å². The molecule has 2 N–H and O–H groups in total.